The van der Waals surface area contributed by atoms with Crippen molar-refractivity contribution < 1.29 is 4.39 Å². The van der Waals surface area contributed by atoms with Crippen LogP contribution in [0.25, 0.3) is 0 Å². The van der Waals surface area contributed by atoms with Crippen LogP contribution in [-0.2, 0) is 6.54 Å². The van der Waals surface area contributed by atoms with Crippen LogP contribution in [0.15, 0.2) is 48.5 Å². The summed E-state index contributed by atoms with van der Waals surface area (Å²) in [5.41, 5.74) is 3.05. The highest BCUT2D eigenvalue weighted by Crippen LogP contribution is 2.21. The Kier molecular flexibility index (Phi) is 6.60. The number of nitrogens with one attached hydrogen (secondary N) is 1. The first-order valence-corrected chi connectivity index (χ1v) is 8.39. The van der Waals surface area contributed by atoms with Crippen molar-refractivity contribution in [1.82, 2.24) is 5.32 Å². The van der Waals surface area contributed by atoms with E-state index in [0.717, 1.165) is 31.5 Å². The third-order valence-corrected chi connectivity index (χ3v) is 4.18. The molecule has 0 heterocycles. The molecule has 0 aliphatic rings. The highest BCUT2D eigenvalue weighted by Gasteiger charge is 2.09. The summed E-state index contributed by atoms with van der Waals surface area (Å²) < 4.78 is 14.0. The van der Waals surface area contributed by atoms with E-state index in [1.54, 1.807) is 6.07 Å². The van der Waals surface area contributed by atoms with Crippen LogP contribution in [0.3, 0.4) is 0 Å². The van der Waals surface area contributed by atoms with E-state index >= 15 is 0 Å². The molecule has 3 heteroatoms. The van der Waals surface area contributed by atoms with Gasteiger partial charge in [0.1, 0.15) is 5.82 Å². The highest BCUT2D eigenvalue weighted by atomic mass is 19.1. The van der Waals surface area contributed by atoms with E-state index in [4.69, 9.17) is 0 Å². The van der Waals surface area contributed by atoms with Gasteiger partial charge in [0.2, 0.25) is 0 Å². The summed E-state index contributed by atoms with van der Waals surface area (Å²) in [6.45, 7) is 5.90. The maximum absolute atomic E-state index is 14.0. The zero-order valence-electron chi connectivity index (χ0n) is 14.3. The Morgan fingerprint density at radius 1 is 1.13 bits per heavy atom. The first kappa shape index (κ1) is 17.5. The normalized spacial score (nSPS) is 12.2. The van der Waals surface area contributed by atoms with Gasteiger partial charge in [-0.15, -0.1) is 0 Å². The Morgan fingerprint density at radius 3 is 2.57 bits per heavy atom. The summed E-state index contributed by atoms with van der Waals surface area (Å²) in [7, 11) is 1.96. The van der Waals surface area contributed by atoms with Crippen molar-refractivity contribution >= 4 is 5.69 Å². The molecule has 2 aromatic rings. The van der Waals surface area contributed by atoms with Crippen LogP contribution in [-0.4, -0.2) is 13.6 Å². The zero-order chi connectivity index (χ0) is 16.7. The lowest BCUT2D eigenvalue weighted by atomic mass is 10.1. The van der Waals surface area contributed by atoms with E-state index in [9.17, 15) is 4.39 Å². The maximum atomic E-state index is 14.0. The van der Waals surface area contributed by atoms with Crippen molar-refractivity contribution in [3.05, 3.63) is 65.5 Å². The largest absolute Gasteiger partial charge is 0.372 e. The molecule has 2 aromatic carbocycles. The molecule has 2 rings (SSSR count). The summed E-state index contributed by atoms with van der Waals surface area (Å²) >= 11 is 0. The van der Waals surface area contributed by atoms with Crippen molar-refractivity contribution in [3.63, 3.8) is 0 Å². The van der Waals surface area contributed by atoms with Crippen molar-refractivity contribution in [2.45, 2.75) is 39.3 Å². The first-order chi connectivity index (χ1) is 11.1. The third-order valence-electron chi connectivity index (χ3n) is 4.18. The fourth-order valence-electron chi connectivity index (χ4n) is 2.61. The molecule has 0 fully saturated rings. The van der Waals surface area contributed by atoms with E-state index < -0.39 is 0 Å². The molecule has 0 bridgehead atoms. The maximum Gasteiger partial charge on any atom is 0.146 e. The lowest BCUT2D eigenvalue weighted by Gasteiger charge is -2.21. The number of nitrogens with zero attached hydrogens (tertiary/aromatic N) is 1. The molecule has 0 aliphatic carbocycles. The van der Waals surface area contributed by atoms with Crippen LogP contribution >= 0.6 is 0 Å². The van der Waals surface area contributed by atoms with E-state index in [2.05, 4.69) is 31.3 Å². The van der Waals surface area contributed by atoms with Gasteiger partial charge in [0.15, 0.2) is 0 Å². The summed E-state index contributed by atoms with van der Waals surface area (Å²) in [5.74, 6) is -0.150. The molecular formula is C20H27FN2. The van der Waals surface area contributed by atoms with Crippen LogP contribution in [0.4, 0.5) is 10.1 Å². The summed E-state index contributed by atoms with van der Waals surface area (Å²) in [4.78, 5) is 2.00. The number of halogens is 1. The number of anilines is 1. The topological polar surface area (TPSA) is 15.3 Å². The molecular weight excluding hydrogens is 287 g/mol. The minimum absolute atomic E-state index is 0.150. The van der Waals surface area contributed by atoms with Crippen LogP contribution in [0, 0.1) is 5.82 Å². The van der Waals surface area contributed by atoms with Crippen LogP contribution in [0.5, 0.6) is 0 Å². The predicted molar refractivity (Wildman–Crippen MR) is 96.3 cm³/mol. The Hall–Kier alpha value is -1.87. The van der Waals surface area contributed by atoms with Gasteiger partial charge in [-0.1, -0.05) is 49.7 Å². The van der Waals surface area contributed by atoms with Crippen LogP contribution < -0.4 is 10.2 Å². The molecule has 0 saturated heterocycles. The summed E-state index contributed by atoms with van der Waals surface area (Å²) in [6.07, 6.45) is 2.19. The standard InChI is InChI=1S/C20H27FN2/c1-4-5-13-23(3)20-14-17(11-12-19(20)21)15-22-16(2)18-9-7-6-8-10-18/h6-12,14,16,22H,4-5,13,15H2,1-3H3. The Bertz CT molecular complexity index is 598. The Morgan fingerprint density at radius 2 is 1.87 bits per heavy atom. The molecule has 1 atom stereocenters. The highest BCUT2D eigenvalue weighted by molar-refractivity contribution is 5.49. The number of benzene rings is 2. The molecule has 23 heavy (non-hydrogen) atoms. The number of rotatable bonds is 8. The van der Waals surface area contributed by atoms with Gasteiger partial charge in [-0.3, -0.25) is 0 Å². The smallest absolute Gasteiger partial charge is 0.146 e. The lowest BCUT2D eigenvalue weighted by molar-refractivity contribution is 0.572. The third kappa shape index (κ3) is 5.07. The molecule has 124 valence electrons. The van der Waals surface area contributed by atoms with Gasteiger partial charge < -0.3 is 10.2 Å². The van der Waals surface area contributed by atoms with Crippen LogP contribution in [0.1, 0.15) is 43.9 Å². The molecule has 0 aromatic heterocycles. The number of hydrogen-bond donors (Lipinski definition) is 1. The number of unbranched alkanes of at least 4 members (excludes halogenated alkanes) is 1. The molecule has 0 saturated carbocycles. The van der Waals surface area contributed by atoms with Gasteiger partial charge in [-0.05, 0) is 36.6 Å². The van der Waals surface area contributed by atoms with Crippen molar-refractivity contribution in [3.8, 4) is 0 Å². The van der Waals surface area contributed by atoms with Gasteiger partial charge in [-0.25, -0.2) is 4.39 Å². The zero-order valence-corrected chi connectivity index (χ0v) is 14.3. The quantitative estimate of drug-likeness (QED) is 0.744. The second kappa shape index (κ2) is 8.68. The van der Waals surface area contributed by atoms with Crippen LogP contribution in [0.2, 0.25) is 0 Å². The Labute approximate surface area is 139 Å². The van der Waals surface area contributed by atoms with E-state index in [1.807, 2.05) is 42.3 Å². The van der Waals surface area contributed by atoms with E-state index in [-0.39, 0.29) is 11.9 Å². The number of hydrogen-bond acceptors (Lipinski definition) is 2. The van der Waals surface area contributed by atoms with Crippen molar-refractivity contribution in [2.24, 2.45) is 0 Å². The lowest BCUT2D eigenvalue weighted by Crippen LogP contribution is -2.21. The van der Waals surface area contributed by atoms with Crippen molar-refractivity contribution in [2.75, 3.05) is 18.5 Å². The van der Waals surface area contributed by atoms with E-state index in [1.165, 1.54) is 5.56 Å². The molecule has 0 aliphatic heterocycles. The monoisotopic (exact) mass is 314 g/mol. The molecule has 1 unspecified atom stereocenters. The SMILES string of the molecule is CCCCN(C)c1cc(CNC(C)c2ccccc2)ccc1F. The predicted octanol–water partition coefficient (Wildman–Crippen LogP) is 4.91. The minimum atomic E-state index is -0.150. The van der Waals surface area contributed by atoms with Gasteiger partial charge in [-0.2, -0.15) is 0 Å². The second-order valence-electron chi connectivity index (χ2n) is 6.07. The second-order valence-corrected chi connectivity index (χ2v) is 6.07. The van der Waals surface area contributed by atoms with Gasteiger partial charge in [0.05, 0.1) is 5.69 Å². The fraction of sp³-hybridized carbons (Fsp3) is 0.400. The Balaban J connectivity index is 2.00. The summed E-state index contributed by atoms with van der Waals surface area (Å²) in [5, 5.41) is 3.50. The average molecular weight is 314 g/mol. The molecule has 2 nitrogen and oxygen atoms in total. The molecule has 0 radical (unpaired) electrons. The average Bonchev–Trinajstić information content (AvgIpc) is 2.59. The van der Waals surface area contributed by atoms with Crippen molar-refractivity contribution in [1.29, 1.82) is 0 Å². The molecule has 1 N–H and O–H groups in total. The fourth-order valence-corrected chi connectivity index (χ4v) is 2.61. The van der Waals surface area contributed by atoms with Gasteiger partial charge >= 0.3 is 0 Å². The first-order valence-electron chi connectivity index (χ1n) is 8.39. The van der Waals surface area contributed by atoms with Gasteiger partial charge in [0, 0.05) is 26.2 Å². The molecule has 0 spiro atoms. The van der Waals surface area contributed by atoms with Gasteiger partial charge in [0.25, 0.3) is 0 Å². The minimum Gasteiger partial charge on any atom is -0.372 e. The van der Waals surface area contributed by atoms with E-state index in [0.29, 0.717) is 5.69 Å². The molecule has 0 amide bonds. The summed E-state index contributed by atoms with van der Waals surface area (Å²) in [6, 6.07) is 16.0.